The lowest BCUT2D eigenvalue weighted by Crippen LogP contribution is -2.46. The molecule has 134 valence electrons. The first kappa shape index (κ1) is 21.1. The quantitative estimate of drug-likeness (QED) is 0.285. The number of carbonyl (C=O) groups is 1. The molecule has 2 atom stereocenters. The highest BCUT2D eigenvalue weighted by Gasteiger charge is 2.42. The monoisotopic (exact) mass is 391 g/mol. The second-order valence-corrected chi connectivity index (χ2v) is 12.8. The average molecular weight is 392 g/mol. The van der Waals surface area contributed by atoms with E-state index in [1.807, 2.05) is 33.9 Å². The maximum Gasteiger partial charge on any atom is 0.213 e. The number of nitro groups is 1. The lowest BCUT2D eigenvalue weighted by atomic mass is 9.94. The summed E-state index contributed by atoms with van der Waals surface area (Å²) in [6.07, 6.45) is -0.259. The van der Waals surface area contributed by atoms with Gasteiger partial charge >= 0.3 is 0 Å². The van der Waals surface area contributed by atoms with Gasteiger partial charge in [0.25, 0.3) is 0 Å². The molecule has 1 aromatic rings. The average Bonchev–Trinajstić information content (AvgIpc) is 2.44. The largest absolute Gasteiger partial charge is 0.406 e. The van der Waals surface area contributed by atoms with Crippen LogP contribution < -0.4 is 0 Å². The predicted octanol–water partition coefficient (Wildman–Crippen LogP) is 4.94. The van der Waals surface area contributed by atoms with Crippen molar-refractivity contribution in [3.8, 4) is 0 Å². The molecule has 0 fully saturated rings. The molecule has 0 amide bonds. The summed E-state index contributed by atoms with van der Waals surface area (Å²) in [6, 6.07) is 4.78. The zero-order chi connectivity index (χ0) is 18.7. The number of carbonyl (C=O) groups excluding carboxylic acids is 1. The highest BCUT2D eigenvalue weighted by molar-refractivity contribution is 6.74. The number of halogens is 2. The Bertz CT molecular complexity index is 617. The molecular weight excluding hydrogens is 369 g/mol. The van der Waals surface area contributed by atoms with Crippen molar-refractivity contribution in [2.45, 2.75) is 50.9 Å². The Morgan fingerprint density at radius 1 is 1.29 bits per heavy atom. The van der Waals surface area contributed by atoms with Gasteiger partial charge in [0, 0.05) is 4.92 Å². The van der Waals surface area contributed by atoms with Crippen molar-refractivity contribution in [3.63, 3.8) is 0 Å². The predicted molar refractivity (Wildman–Crippen MR) is 99.2 cm³/mol. The van der Waals surface area contributed by atoms with Crippen LogP contribution in [0.5, 0.6) is 0 Å². The minimum absolute atomic E-state index is 0.120. The Hall–Kier alpha value is -0.953. The van der Waals surface area contributed by atoms with Crippen molar-refractivity contribution in [1.82, 2.24) is 0 Å². The molecule has 0 aromatic heterocycles. The second-order valence-electron chi connectivity index (χ2n) is 7.27. The first-order valence-electron chi connectivity index (χ1n) is 7.59. The van der Waals surface area contributed by atoms with Gasteiger partial charge in [-0.25, -0.2) is 0 Å². The SMILES string of the molecule is CC(C)(C)[Si](C)(C)O[C@H](C=O)[C@H](C[N+](=O)[O-])c1ccc(Cl)c(Cl)c1. The van der Waals surface area contributed by atoms with Crippen LogP contribution in [0.4, 0.5) is 0 Å². The van der Waals surface area contributed by atoms with E-state index in [0.29, 0.717) is 21.9 Å². The maximum absolute atomic E-state index is 11.7. The zero-order valence-electron chi connectivity index (χ0n) is 14.5. The van der Waals surface area contributed by atoms with Gasteiger partial charge in [0.1, 0.15) is 12.4 Å². The van der Waals surface area contributed by atoms with E-state index >= 15 is 0 Å². The van der Waals surface area contributed by atoms with Crippen molar-refractivity contribution < 1.29 is 14.1 Å². The molecule has 1 rings (SSSR count). The summed E-state index contributed by atoms with van der Waals surface area (Å²) >= 11 is 11.9. The van der Waals surface area contributed by atoms with Crippen LogP contribution in [0.3, 0.4) is 0 Å². The molecule has 1 aromatic carbocycles. The van der Waals surface area contributed by atoms with Crippen LogP contribution in [0.2, 0.25) is 28.2 Å². The van der Waals surface area contributed by atoms with Crippen LogP contribution >= 0.6 is 23.2 Å². The molecule has 0 saturated heterocycles. The Labute approximate surface area is 153 Å². The summed E-state index contributed by atoms with van der Waals surface area (Å²) in [4.78, 5) is 22.3. The van der Waals surface area contributed by atoms with Gasteiger partial charge in [-0.15, -0.1) is 0 Å². The van der Waals surface area contributed by atoms with Gasteiger partial charge in [-0.05, 0) is 35.8 Å². The molecule has 0 aliphatic heterocycles. The normalized spacial score (nSPS) is 15.0. The molecule has 0 aliphatic carbocycles. The van der Waals surface area contributed by atoms with E-state index in [2.05, 4.69) is 0 Å². The number of hydrogen-bond acceptors (Lipinski definition) is 4. The molecule has 0 unspecified atom stereocenters. The van der Waals surface area contributed by atoms with E-state index in [9.17, 15) is 14.9 Å². The number of aldehydes is 1. The van der Waals surface area contributed by atoms with Crippen molar-refractivity contribution in [1.29, 1.82) is 0 Å². The van der Waals surface area contributed by atoms with Gasteiger partial charge in [-0.1, -0.05) is 50.0 Å². The smallest absolute Gasteiger partial charge is 0.213 e. The van der Waals surface area contributed by atoms with Gasteiger partial charge in [0.15, 0.2) is 8.32 Å². The molecule has 24 heavy (non-hydrogen) atoms. The Balaban J connectivity index is 3.23. The fourth-order valence-electron chi connectivity index (χ4n) is 2.02. The minimum atomic E-state index is -2.27. The molecular formula is C16H23Cl2NO4Si. The third-order valence-electron chi connectivity index (χ3n) is 4.49. The van der Waals surface area contributed by atoms with E-state index in [0.717, 1.165) is 0 Å². The minimum Gasteiger partial charge on any atom is -0.406 e. The molecule has 0 bridgehead atoms. The first-order chi connectivity index (χ1) is 10.9. The van der Waals surface area contributed by atoms with E-state index < -0.39 is 31.8 Å². The van der Waals surface area contributed by atoms with E-state index in [4.69, 9.17) is 27.6 Å². The molecule has 0 N–H and O–H groups in total. The summed E-state index contributed by atoms with van der Waals surface area (Å²) in [5, 5.41) is 11.6. The van der Waals surface area contributed by atoms with Crippen molar-refractivity contribution in [2.24, 2.45) is 0 Å². The summed E-state index contributed by atoms with van der Waals surface area (Å²) < 4.78 is 6.13. The van der Waals surface area contributed by atoms with Crippen LogP contribution in [-0.2, 0) is 9.22 Å². The lowest BCUT2D eigenvalue weighted by molar-refractivity contribution is -0.484. The highest BCUT2D eigenvalue weighted by Crippen LogP contribution is 2.39. The molecule has 0 radical (unpaired) electrons. The zero-order valence-corrected chi connectivity index (χ0v) is 17.0. The summed E-state index contributed by atoms with van der Waals surface area (Å²) in [7, 11) is -2.27. The van der Waals surface area contributed by atoms with Gasteiger partial charge in [0.05, 0.1) is 16.0 Å². The fraction of sp³-hybridized carbons (Fsp3) is 0.562. The fourth-order valence-corrected chi connectivity index (χ4v) is 3.58. The second kappa shape index (κ2) is 7.95. The summed E-state index contributed by atoms with van der Waals surface area (Å²) in [5.74, 6) is -0.721. The molecule has 8 heteroatoms. The van der Waals surface area contributed by atoms with E-state index in [1.165, 1.54) is 0 Å². The topological polar surface area (TPSA) is 69.4 Å². The van der Waals surface area contributed by atoms with E-state index in [1.54, 1.807) is 18.2 Å². The van der Waals surface area contributed by atoms with Gasteiger partial charge in [0.2, 0.25) is 6.54 Å². The van der Waals surface area contributed by atoms with Gasteiger partial charge < -0.3 is 9.22 Å². The molecule has 0 heterocycles. The maximum atomic E-state index is 11.7. The standard InChI is InChI=1S/C16H23Cl2NO4Si/c1-16(2,3)24(4,5)23-15(10-20)12(9-19(21)22)11-6-7-13(17)14(18)8-11/h6-8,10,12,15H,9H2,1-5H3/t12-,15-/m1/s1. The Morgan fingerprint density at radius 2 is 1.88 bits per heavy atom. The third kappa shape index (κ3) is 5.27. The van der Waals surface area contributed by atoms with Crippen LogP contribution in [0, 0.1) is 10.1 Å². The van der Waals surface area contributed by atoms with Crippen molar-refractivity contribution in [3.05, 3.63) is 43.9 Å². The first-order valence-corrected chi connectivity index (χ1v) is 11.3. The van der Waals surface area contributed by atoms with E-state index in [-0.39, 0.29) is 5.04 Å². The Morgan fingerprint density at radius 3 is 2.29 bits per heavy atom. The van der Waals surface area contributed by atoms with Crippen LogP contribution in [0.25, 0.3) is 0 Å². The van der Waals surface area contributed by atoms with Crippen LogP contribution in [0.15, 0.2) is 18.2 Å². The number of hydrogen-bond donors (Lipinski definition) is 0. The number of rotatable bonds is 7. The van der Waals surface area contributed by atoms with Crippen LogP contribution in [0.1, 0.15) is 32.3 Å². The van der Waals surface area contributed by atoms with Gasteiger partial charge in [-0.2, -0.15) is 0 Å². The van der Waals surface area contributed by atoms with Crippen LogP contribution in [-0.4, -0.2) is 32.2 Å². The number of benzene rings is 1. The Kier molecular flexibility index (Phi) is 6.99. The third-order valence-corrected chi connectivity index (χ3v) is 9.70. The highest BCUT2D eigenvalue weighted by atomic mass is 35.5. The summed E-state index contributed by atoms with van der Waals surface area (Å²) in [6.45, 7) is 9.72. The molecule has 0 saturated carbocycles. The molecule has 5 nitrogen and oxygen atoms in total. The molecule has 0 spiro atoms. The number of nitrogens with zero attached hydrogens (tertiary/aromatic N) is 1. The van der Waals surface area contributed by atoms with Crippen molar-refractivity contribution >= 4 is 37.8 Å². The summed E-state index contributed by atoms with van der Waals surface area (Å²) in [5.41, 5.74) is 0.567. The van der Waals surface area contributed by atoms with Gasteiger partial charge in [-0.3, -0.25) is 10.1 Å². The van der Waals surface area contributed by atoms with Crippen molar-refractivity contribution in [2.75, 3.05) is 6.54 Å². The molecule has 0 aliphatic rings. The lowest BCUT2D eigenvalue weighted by Gasteiger charge is -2.39.